The number of hydrogen-bond acceptors (Lipinski definition) is 2. The fourth-order valence-corrected chi connectivity index (χ4v) is 14.6. The van der Waals surface area contributed by atoms with Crippen LogP contribution in [0.1, 0.15) is 128 Å². The first kappa shape index (κ1) is 41.0. The maximum Gasteiger partial charge on any atom is 0.333 e. The molecule has 0 radical (unpaired) electrons. The Morgan fingerprint density at radius 3 is 1.94 bits per heavy atom. The van der Waals surface area contributed by atoms with Crippen molar-refractivity contribution in [2.75, 3.05) is 4.81 Å². The van der Waals surface area contributed by atoms with Crippen molar-refractivity contribution in [1.82, 2.24) is 4.57 Å². The molecule has 0 saturated carbocycles. The number of nitrogens with zero attached hydrogens (tertiary/aromatic N) is 2. The van der Waals surface area contributed by atoms with Gasteiger partial charge in [0.15, 0.2) is 0 Å². The highest BCUT2D eigenvalue weighted by atomic mass is 16.3. The predicted octanol–water partition coefficient (Wildman–Crippen LogP) is 16.2. The molecule has 0 N–H and O–H groups in total. The van der Waals surface area contributed by atoms with Gasteiger partial charge in [0, 0.05) is 61.1 Å². The molecule has 0 saturated heterocycles. The Balaban J connectivity index is 1.10. The van der Waals surface area contributed by atoms with Crippen LogP contribution in [-0.2, 0) is 27.1 Å². The largest absolute Gasteiger partial charge is 0.456 e. The molecule has 4 heteroatoms. The van der Waals surface area contributed by atoms with Crippen molar-refractivity contribution in [3.63, 3.8) is 0 Å². The van der Waals surface area contributed by atoms with Crippen LogP contribution >= 0.6 is 0 Å². The summed E-state index contributed by atoms with van der Waals surface area (Å²) in [7, 11) is 0. The maximum absolute atomic E-state index is 6.80. The molecule has 2 aliphatic heterocycles. The van der Waals surface area contributed by atoms with Gasteiger partial charge in [-0.15, -0.1) is 0 Å². The molecule has 3 nitrogen and oxygen atoms in total. The highest BCUT2D eigenvalue weighted by molar-refractivity contribution is 6.94. The third-order valence-corrected chi connectivity index (χ3v) is 18.6. The molecule has 3 aliphatic carbocycles. The Kier molecular flexibility index (Phi) is 7.48. The van der Waals surface area contributed by atoms with Crippen LogP contribution in [0, 0.1) is 0 Å². The van der Waals surface area contributed by atoms with Gasteiger partial charge in [-0.3, -0.25) is 0 Å². The average Bonchev–Trinajstić information content (AvgIpc) is 4.01. The summed E-state index contributed by atoms with van der Waals surface area (Å²) in [6, 6.07) is 52.5. The molecule has 0 atom stereocenters. The zero-order valence-corrected chi connectivity index (χ0v) is 42.5. The number of hydrogen-bond donors (Lipinski definition) is 0. The van der Waals surface area contributed by atoms with E-state index in [1.165, 1.54) is 135 Å². The molecule has 15 rings (SSSR count). The van der Waals surface area contributed by atoms with E-state index in [4.69, 9.17) is 4.42 Å². The predicted molar refractivity (Wildman–Crippen MR) is 296 cm³/mol. The zero-order chi connectivity index (χ0) is 47.9. The van der Waals surface area contributed by atoms with Gasteiger partial charge < -0.3 is 13.8 Å². The summed E-state index contributed by atoms with van der Waals surface area (Å²) in [6.07, 6.45) is 2.40. The first-order chi connectivity index (χ1) is 33.3. The normalized spacial score (nSPS) is 17.9. The van der Waals surface area contributed by atoms with E-state index in [1.807, 2.05) is 0 Å². The topological polar surface area (TPSA) is 21.3 Å². The van der Waals surface area contributed by atoms with Crippen molar-refractivity contribution in [3.8, 4) is 39.1 Å². The molecule has 0 spiro atoms. The number of benzene rings is 8. The van der Waals surface area contributed by atoms with Gasteiger partial charge in [0.2, 0.25) is 0 Å². The van der Waals surface area contributed by atoms with Gasteiger partial charge in [-0.05, 0) is 149 Å². The first-order valence-corrected chi connectivity index (χ1v) is 25.8. The number of furan rings is 1. The van der Waals surface area contributed by atoms with Gasteiger partial charge in [0.25, 0.3) is 0 Å². The summed E-state index contributed by atoms with van der Waals surface area (Å²) in [5.74, 6) is 0. The van der Waals surface area contributed by atoms with Gasteiger partial charge in [-0.1, -0.05) is 161 Å². The first-order valence-electron chi connectivity index (χ1n) is 25.8. The van der Waals surface area contributed by atoms with Crippen LogP contribution in [-0.4, -0.2) is 11.4 Å². The zero-order valence-electron chi connectivity index (χ0n) is 42.5. The third kappa shape index (κ3) is 4.93. The van der Waals surface area contributed by atoms with Crippen molar-refractivity contribution in [3.05, 3.63) is 172 Å². The lowest BCUT2D eigenvalue weighted by atomic mass is 9.44. The van der Waals surface area contributed by atoms with Crippen LogP contribution in [0.25, 0.3) is 82.8 Å². The monoisotopic (exact) mass is 906 g/mol. The SMILES string of the molecule is CC(C)(C)c1ccc(N2B3c4cc5c(cc4-n4c6ccc7c(c6c6ccc(c3c64)-c3cc4c(cc32)-c2cc3c(cc2C4(C)C)C(C)(C)CCC3(C)C)-c2ccccc2C7(C)C)oc2ccccc25)cc1. The van der Waals surface area contributed by atoms with E-state index in [0.717, 1.165) is 21.9 Å². The van der Waals surface area contributed by atoms with Gasteiger partial charge in [-0.25, -0.2) is 0 Å². The number of aromatic nitrogens is 1. The molecule has 4 heterocycles. The smallest absolute Gasteiger partial charge is 0.333 e. The molecule has 0 unspecified atom stereocenters. The van der Waals surface area contributed by atoms with Crippen LogP contribution in [0.5, 0.6) is 0 Å². The molecule has 10 aromatic rings. The number of anilines is 2. The van der Waals surface area contributed by atoms with Gasteiger partial charge in [0.1, 0.15) is 11.2 Å². The van der Waals surface area contributed by atoms with Crippen LogP contribution in [0.4, 0.5) is 11.4 Å². The highest BCUT2D eigenvalue weighted by Gasteiger charge is 2.48. The van der Waals surface area contributed by atoms with E-state index in [9.17, 15) is 0 Å². The number of para-hydroxylation sites is 1. The van der Waals surface area contributed by atoms with E-state index >= 15 is 0 Å². The van der Waals surface area contributed by atoms with Crippen LogP contribution in [0.2, 0.25) is 0 Å². The summed E-state index contributed by atoms with van der Waals surface area (Å²) >= 11 is 0. The Bertz CT molecular complexity index is 4050. The molecule has 2 aromatic heterocycles. The lowest BCUT2D eigenvalue weighted by Crippen LogP contribution is -2.60. The molecular weight excluding hydrogens is 848 g/mol. The minimum Gasteiger partial charge on any atom is -0.456 e. The summed E-state index contributed by atoms with van der Waals surface area (Å²) in [4.78, 5) is 2.73. The van der Waals surface area contributed by atoms with Crippen LogP contribution < -0.4 is 15.7 Å². The summed E-state index contributed by atoms with van der Waals surface area (Å²) in [5.41, 5.74) is 28.9. The van der Waals surface area contributed by atoms with Crippen molar-refractivity contribution in [1.29, 1.82) is 0 Å². The maximum atomic E-state index is 6.80. The molecule has 8 aromatic carbocycles. The minimum absolute atomic E-state index is 0.0223. The van der Waals surface area contributed by atoms with Crippen LogP contribution in [0.15, 0.2) is 138 Å². The van der Waals surface area contributed by atoms with Gasteiger partial charge in [-0.2, -0.15) is 0 Å². The minimum atomic E-state index is -0.181. The fraction of sp³-hybridized carbons (Fsp3) is 0.273. The molecular formula is C66H59BN2O. The van der Waals surface area contributed by atoms with Crippen molar-refractivity contribution in [2.24, 2.45) is 0 Å². The Morgan fingerprint density at radius 2 is 1.17 bits per heavy atom. The number of fused-ring (bicyclic) bond motifs is 19. The molecule has 5 aliphatic rings. The second kappa shape index (κ2) is 12.8. The van der Waals surface area contributed by atoms with E-state index in [0.29, 0.717) is 0 Å². The Labute approximate surface area is 412 Å². The van der Waals surface area contributed by atoms with Gasteiger partial charge >= 0.3 is 6.85 Å². The average molecular weight is 907 g/mol. The van der Waals surface area contributed by atoms with Crippen molar-refractivity contribution < 1.29 is 4.42 Å². The second-order valence-electron chi connectivity index (χ2n) is 25.1. The van der Waals surface area contributed by atoms with Crippen molar-refractivity contribution in [2.45, 2.75) is 116 Å². The second-order valence-corrected chi connectivity index (χ2v) is 25.1. The fourth-order valence-electron chi connectivity index (χ4n) is 14.6. The van der Waals surface area contributed by atoms with Gasteiger partial charge in [0.05, 0.1) is 11.0 Å². The lowest BCUT2D eigenvalue weighted by Gasteiger charge is -2.42. The summed E-state index contributed by atoms with van der Waals surface area (Å²) < 4.78 is 9.43. The lowest BCUT2D eigenvalue weighted by molar-refractivity contribution is 0.331. The van der Waals surface area contributed by atoms with E-state index < -0.39 is 0 Å². The Morgan fingerprint density at radius 1 is 0.500 bits per heavy atom. The van der Waals surface area contributed by atoms with E-state index in [-0.39, 0.29) is 33.9 Å². The third-order valence-electron chi connectivity index (χ3n) is 18.6. The summed E-state index contributed by atoms with van der Waals surface area (Å²) in [6.45, 7) is 26.5. The number of rotatable bonds is 1. The summed E-state index contributed by atoms with van der Waals surface area (Å²) in [5, 5.41) is 4.97. The quantitative estimate of drug-likeness (QED) is 0.153. The molecule has 0 bridgehead atoms. The van der Waals surface area contributed by atoms with E-state index in [1.54, 1.807) is 0 Å². The highest BCUT2D eigenvalue weighted by Crippen LogP contribution is 2.59. The molecule has 342 valence electrons. The standard InChI is InChI=1S/C66H59BN2O/c1-62(2,3)36-20-22-37(23-21-36)69-54-33-43-42-30-50-51(64(6,7)29-28-63(50,4)5)34-49(42)66(10,11)48(43)31-44(54)39-24-25-41-59-53(27-26-47-58(59)40-17-12-14-18-46(40)65(47,8)9)68-55-35-57-45(38-16-13-15-19-56(38)70-57)32-52(55)67(69)60(39)61(41)68/h12-27,30-35H,28-29H2,1-11H3. The molecule has 0 amide bonds. The molecule has 70 heavy (non-hydrogen) atoms. The van der Waals surface area contributed by atoms with E-state index in [2.05, 4.69) is 219 Å². The van der Waals surface area contributed by atoms with Crippen LogP contribution in [0.3, 0.4) is 0 Å². The Hall–Kier alpha value is -6.78. The van der Waals surface area contributed by atoms with Crippen molar-refractivity contribution >= 4 is 72.9 Å². The molecule has 0 fully saturated rings.